The number of rotatable bonds is 12. The maximum absolute atomic E-state index is 15.5. The number of aliphatic imine (C=N–C) groups is 2. The van der Waals surface area contributed by atoms with Crippen molar-refractivity contribution in [3.05, 3.63) is 128 Å². The van der Waals surface area contributed by atoms with Crippen molar-refractivity contribution in [1.29, 1.82) is 5.26 Å². The molecule has 82 heavy (non-hydrogen) atoms. The van der Waals surface area contributed by atoms with Gasteiger partial charge in [0.15, 0.2) is 21.9 Å². The minimum atomic E-state index is -1.39. The molecule has 4 aromatic rings. The number of amides is 3. The predicted octanol–water partition coefficient (Wildman–Crippen LogP) is 12.4. The normalized spacial score (nSPS) is 23.3. The molecule has 2 N–H and O–H groups in total. The highest BCUT2D eigenvalue weighted by Crippen LogP contribution is 2.68. The van der Waals surface area contributed by atoms with E-state index in [1.807, 2.05) is 6.07 Å². The van der Waals surface area contributed by atoms with Crippen molar-refractivity contribution in [1.82, 2.24) is 35.1 Å². The number of fused-ring (bicyclic) bond motifs is 2. The van der Waals surface area contributed by atoms with Crippen molar-refractivity contribution in [3.63, 3.8) is 0 Å². The SMILES string of the molecule is C.C/C(F)=C/c1ccc(F)c([C@@]2(C)N=C(N(COCC[Si](C)(C)C)C(=O)OC(C)(C)C)S[C@@]3(C(=O)N(C)C)C[C@H]32)c1.N#Cc1ccc(Br)nn1.[C-]#[N+]c1ccc(/C(F)=C/c2ccc(F)c([C@@]3(C)N=C(N)S[C@@]4(C(=O)N(C)C)C[C@H]43)c2)nn1. The third-order valence-electron chi connectivity index (χ3n) is 13.5. The Morgan fingerprint density at radius 3 is 1.87 bits per heavy atom. The molecule has 438 valence electrons. The molecule has 2 fully saturated rings. The number of carbonyl (C=O) groups is 3. The van der Waals surface area contributed by atoms with Crippen molar-refractivity contribution in [2.24, 2.45) is 27.6 Å². The number of allylic oxidation sites excluding steroid dienone is 1. The zero-order valence-corrected chi connectivity index (χ0v) is 51.6. The number of aromatic nitrogens is 4. The number of amidine groups is 2. The first-order valence-electron chi connectivity index (χ1n) is 25.5. The van der Waals surface area contributed by atoms with Gasteiger partial charge < -0.3 is 29.9 Å². The molecule has 0 spiro atoms. The number of nitriles is 1. The first-order valence-corrected chi connectivity index (χ1v) is 31.6. The summed E-state index contributed by atoms with van der Waals surface area (Å²) in [6.07, 6.45) is 2.83. The van der Waals surface area contributed by atoms with Crippen LogP contribution in [0.1, 0.15) is 95.5 Å². The van der Waals surface area contributed by atoms with Crippen LogP contribution in [0.4, 0.5) is 28.2 Å². The Balaban J connectivity index is 0.000000261. The molecule has 8 rings (SSSR count). The molecule has 4 heterocycles. The van der Waals surface area contributed by atoms with E-state index in [2.05, 4.69) is 65.8 Å². The number of nitrogens with two attached hydrogens (primary N) is 1. The summed E-state index contributed by atoms with van der Waals surface area (Å²) < 4.78 is 69.5. The zero-order valence-electron chi connectivity index (χ0n) is 47.4. The van der Waals surface area contributed by atoms with Crippen molar-refractivity contribution in [2.45, 2.75) is 114 Å². The van der Waals surface area contributed by atoms with Gasteiger partial charge in [-0.15, -0.1) is 10.2 Å². The van der Waals surface area contributed by atoms with Crippen LogP contribution in [0.5, 0.6) is 0 Å². The molecule has 2 aliphatic carbocycles. The summed E-state index contributed by atoms with van der Waals surface area (Å²) in [5.74, 6) is -2.85. The summed E-state index contributed by atoms with van der Waals surface area (Å²) in [6, 6.07) is 17.3. The van der Waals surface area contributed by atoms with Crippen molar-refractivity contribution in [3.8, 4) is 6.07 Å². The van der Waals surface area contributed by atoms with E-state index in [4.69, 9.17) is 32.0 Å². The fourth-order valence-corrected chi connectivity index (χ4v) is 13.5. The molecule has 17 nitrogen and oxygen atoms in total. The van der Waals surface area contributed by atoms with Crippen LogP contribution in [0, 0.1) is 41.4 Å². The molecule has 2 aromatic heterocycles. The van der Waals surface area contributed by atoms with Gasteiger partial charge in [-0.05, 0) is 153 Å². The van der Waals surface area contributed by atoms with Crippen LogP contribution in [-0.4, -0.2) is 128 Å². The van der Waals surface area contributed by atoms with Crippen LogP contribution in [0.3, 0.4) is 0 Å². The highest BCUT2D eigenvalue weighted by molar-refractivity contribution is 9.10. The smallest absolute Gasteiger partial charge is 0.418 e. The average Bonchev–Trinajstić information content (AvgIpc) is 4.52. The van der Waals surface area contributed by atoms with Gasteiger partial charge in [0.1, 0.15) is 49.8 Å². The molecule has 2 aliphatic heterocycles. The molecule has 25 heteroatoms. The number of hydrogen-bond donors (Lipinski definition) is 1. The zero-order chi connectivity index (χ0) is 60.2. The predicted molar refractivity (Wildman–Crippen MR) is 321 cm³/mol. The second-order valence-electron chi connectivity index (χ2n) is 22.7. The Bertz CT molecular complexity index is 3270. The number of benzene rings is 2. The summed E-state index contributed by atoms with van der Waals surface area (Å²) >= 11 is 5.52. The van der Waals surface area contributed by atoms with Crippen molar-refractivity contribution >= 4 is 99.6 Å². The van der Waals surface area contributed by atoms with Gasteiger partial charge in [0.05, 0.1) is 16.9 Å². The third-order valence-corrected chi connectivity index (χ3v) is 18.4. The van der Waals surface area contributed by atoms with E-state index in [9.17, 15) is 27.6 Å². The van der Waals surface area contributed by atoms with Crippen LogP contribution >= 0.6 is 39.5 Å². The van der Waals surface area contributed by atoms with E-state index in [0.29, 0.717) is 40.9 Å². The fourth-order valence-electron chi connectivity index (χ4n) is 9.34. The Labute approximate surface area is 495 Å². The highest BCUT2D eigenvalue weighted by Gasteiger charge is 2.72. The van der Waals surface area contributed by atoms with E-state index in [1.165, 1.54) is 99.8 Å². The van der Waals surface area contributed by atoms with Gasteiger partial charge in [-0.3, -0.25) is 19.6 Å². The van der Waals surface area contributed by atoms with Crippen LogP contribution < -0.4 is 5.73 Å². The second-order valence-corrected chi connectivity index (χ2v) is 31.8. The third kappa shape index (κ3) is 15.4. The van der Waals surface area contributed by atoms with Crippen LogP contribution in [-0.2, 0) is 30.1 Å². The van der Waals surface area contributed by atoms with Gasteiger partial charge in [0, 0.05) is 65.8 Å². The minimum Gasteiger partial charge on any atom is -0.443 e. The van der Waals surface area contributed by atoms with Crippen LogP contribution in [0.25, 0.3) is 22.8 Å². The maximum Gasteiger partial charge on any atom is 0.418 e. The summed E-state index contributed by atoms with van der Waals surface area (Å²) in [7, 11) is 5.32. The summed E-state index contributed by atoms with van der Waals surface area (Å²) in [5, 5.41) is 23.2. The largest absolute Gasteiger partial charge is 0.443 e. The quantitative estimate of drug-likeness (QED) is 0.0461. The van der Waals surface area contributed by atoms with Crippen LogP contribution in [0.15, 0.2) is 81.1 Å². The first kappa shape index (κ1) is 66.3. The summed E-state index contributed by atoms with van der Waals surface area (Å²) in [5.41, 5.74) is 4.67. The second kappa shape index (κ2) is 26.0. The Hall–Kier alpha value is -6.51. The number of halogens is 5. The van der Waals surface area contributed by atoms with Crippen LogP contribution in [0.2, 0.25) is 25.7 Å². The standard InChI is InChI=1S/C29H43F2N3O4SSi.C22H20F2N6OS.C5H2BrN3.CH4/c1-19(30)15-20-11-12-22(31)21(16-20)28(5)23-17-29(23,24(35)33(6)7)39-25(32-28)34(26(36)38-27(2,3)4)18-37-13-14-40(8,9)10;1-21(17-11-22(17,19(31)30(3)4)32-20(25)27-21)13-9-12(5-6-14(13)23)10-15(24)16-7-8-18(26-2)29-28-16;6-5-2-1-4(3-7)8-9-5;/h11-12,15-16,23H,13-14,17-18H2,1-10H3;5-10,17H,11H2,1,3-4H3,(H2,25,27);1-2H;1H4/b19-15-;15-10-;;/t23-,28+,29-;17-,21+,22-;;/m00../s1. The topological polar surface area (TPSA) is 210 Å². The molecule has 2 aromatic carbocycles. The van der Waals surface area contributed by atoms with Crippen molar-refractivity contribution in [2.75, 3.05) is 41.5 Å². The molecular formula is C57H69BrF4N12O5S2Si. The monoisotopic (exact) mass is 1250 g/mol. The average molecular weight is 1250 g/mol. The van der Waals surface area contributed by atoms with Gasteiger partial charge in [-0.2, -0.15) is 5.26 Å². The molecule has 0 saturated heterocycles. The lowest BCUT2D eigenvalue weighted by Crippen LogP contribution is -2.48. The lowest BCUT2D eigenvalue weighted by atomic mass is 9.84. The highest BCUT2D eigenvalue weighted by atomic mass is 79.9. The molecule has 2 saturated carbocycles. The van der Waals surface area contributed by atoms with E-state index in [-0.39, 0.29) is 70.8 Å². The number of ether oxygens (including phenoxy) is 2. The molecule has 0 bridgehead atoms. The van der Waals surface area contributed by atoms with Crippen molar-refractivity contribution < 1.29 is 41.4 Å². The van der Waals surface area contributed by atoms with Gasteiger partial charge in [0.25, 0.3) is 5.82 Å². The summed E-state index contributed by atoms with van der Waals surface area (Å²) in [6.45, 7) is 24.1. The van der Waals surface area contributed by atoms with E-state index < -0.39 is 63.6 Å². The molecule has 0 unspecified atom stereocenters. The van der Waals surface area contributed by atoms with Gasteiger partial charge in [0.2, 0.25) is 11.8 Å². The maximum atomic E-state index is 15.5. The molecular weight excluding hydrogens is 1180 g/mol. The molecule has 3 amide bonds. The lowest BCUT2D eigenvalue weighted by Gasteiger charge is -2.38. The van der Waals surface area contributed by atoms with Gasteiger partial charge >= 0.3 is 6.09 Å². The van der Waals surface area contributed by atoms with Gasteiger partial charge in [-0.1, -0.05) is 74.4 Å². The number of carbonyl (C=O) groups excluding carboxylic acids is 3. The Morgan fingerprint density at radius 2 is 1.40 bits per heavy atom. The minimum absolute atomic E-state index is 0. The molecule has 4 aliphatic rings. The van der Waals surface area contributed by atoms with E-state index in [0.717, 1.165) is 6.04 Å². The number of hydrogen-bond acceptors (Lipinski definition) is 15. The first-order chi connectivity index (χ1) is 37.7. The fraction of sp³-hybridized carbons (Fsp3) is 0.456. The number of thioether (sulfide) groups is 2. The van der Waals surface area contributed by atoms with Gasteiger partial charge in [-0.25, -0.2) is 27.3 Å². The van der Waals surface area contributed by atoms with E-state index in [1.54, 1.807) is 81.0 Å². The molecule has 0 radical (unpaired) electrons. The Morgan fingerprint density at radius 1 is 0.854 bits per heavy atom. The van der Waals surface area contributed by atoms with E-state index >= 15 is 4.39 Å². The number of nitrogens with zero attached hydrogens (tertiary/aromatic N) is 11. The Kier molecular flexibility index (Phi) is 21.0. The lowest BCUT2D eigenvalue weighted by molar-refractivity contribution is -0.130. The summed E-state index contributed by atoms with van der Waals surface area (Å²) in [4.78, 5) is 56.8. The molecule has 6 atom stereocenters.